The van der Waals surface area contributed by atoms with E-state index in [4.69, 9.17) is 20.3 Å². The molecule has 0 N–H and O–H groups in total. The standard InChI is InChI=1S/C14H28O3Si/c1-9-13(17-12(3)15-10-2)11-16-18(7,8)14(4,5)6/h1,12-13H,10-11H2,2-8H3. The molecule has 0 fully saturated rings. The Labute approximate surface area is 113 Å². The van der Waals surface area contributed by atoms with Crippen LogP contribution in [0, 0.1) is 12.3 Å². The number of terminal acetylenes is 1. The molecular weight excluding hydrogens is 244 g/mol. The molecule has 2 atom stereocenters. The number of rotatable bonds is 7. The van der Waals surface area contributed by atoms with Gasteiger partial charge in [-0.3, -0.25) is 0 Å². The van der Waals surface area contributed by atoms with Gasteiger partial charge in [0.25, 0.3) is 0 Å². The summed E-state index contributed by atoms with van der Waals surface area (Å²) >= 11 is 0. The summed E-state index contributed by atoms with van der Waals surface area (Å²) in [5.41, 5.74) is 0. The molecule has 0 saturated heterocycles. The van der Waals surface area contributed by atoms with Crippen LogP contribution in [-0.2, 0) is 13.9 Å². The second-order valence-electron chi connectivity index (χ2n) is 5.89. The van der Waals surface area contributed by atoms with Crippen molar-refractivity contribution in [3.63, 3.8) is 0 Å². The maximum absolute atomic E-state index is 6.04. The van der Waals surface area contributed by atoms with Crippen molar-refractivity contribution in [2.24, 2.45) is 0 Å². The highest BCUT2D eigenvalue weighted by molar-refractivity contribution is 6.74. The summed E-state index contributed by atoms with van der Waals surface area (Å²) in [7, 11) is -1.77. The van der Waals surface area contributed by atoms with Crippen molar-refractivity contribution in [2.45, 2.75) is 65.1 Å². The van der Waals surface area contributed by atoms with Crippen LogP contribution in [0.3, 0.4) is 0 Å². The molecule has 3 nitrogen and oxygen atoms in total. The third kappa shape index (κ3) is 6.01. The summed E-state index contributed by atoms with van der Waals surface area (Å²) in [6.45, 7) is 15.8. The number of hydrogen-bond acceptors (Lipinski definition) is 3. The van der Waals surface area contributed by atoms with Crippen molar-refractivity contribution in [2.75, 3.05) is 13.2 Å². The Morgan fingerprint density at radius 1 is 1.28 bits per heavy atom. The van der Waals surface area contributed by atoms with Crippen LogP contribution < -0.4 is 0 Å². The molecule has 2 unspecified atom stereocenters. The Morgan fingerprint density at radius 3 is 2.22 bits per heavy atom. The molecular formula is C14H28O3Si. The van der Waals surface area contributed by atoms with E-state index in [-0.39, 0.29) is 17.4 Å². The van der Waals surface area contributed by atoms with Gasteiger partial charge >= 0.3 is 0 Å². The average molecular weight is 272 g/mol. The van der Waals surface area contributed by atoms with Gasteiger partial charge in [-0.05, 0) is 32.0 Å². The Kier molecular flexibility index (Phi) is 7.16. The summed E-state index contributed by atoms with van der Waals surface area (Å²) in [6.07, 6.45) is 4.82. The van der Waals surface area contributed by atoms with Crippen molar-refractivity contribution < 1.29 is 13.9 Å². The van der Waals surface area contributed by atoms with E-state index < -0.39 is 8.32 Å². The van der Waals surface area contributed by atoms with Crippen molar-refractivity contribution in [3.8, 4) is 12.3 Å². The average Bonchev–Trinajstić information content (AvgIpc) is 2.22. The maximum Gasteiger partial charge on any atom is 0.192 e. The monoisotopic (exact) mass is 272 g/mol. The highest BCUT2D eigenvalue weighted by atomic mass is 28.4. The Hall–Kier alpha value is -0.343. The molecule has 0 aromatic carbocycles. The fraction of sp³-hybridized carbons (Fsp3) is 0.857. The van der Waals surface area contributed by atoms with Crippen LogP contribution in [0.1, 0.15) is 34.6 Å². The van der Waals surface area contributed by atoms with Crippen molar-refractivity contribution >= 4 is 8.32 Å². The third-order valence-electron chi connectivity index (χ3n) is 3.34. The second kappa shape index (κ2) is 7.30. The minimum atomic E-state index is -1.77. The first-order valence-electron chi connectivity index (χ1n) is 6.51. The molecule has 0 saturated carbocycles. The molecule has 0 rings (SSSR count). The molecule has 106 valence electrons. The molecule has 18 heavy (non-hydrogen) atoms. The van der Waals surface area contributed by atoms with Crippen LogP contribution in [-0.4, -0.2) is 33.9 Å². The highest BCUT2D eigenvalue weighted by Crippen LogP contribution is 2.36. The van der Waals surface area contributed by atoms with E-state index >= 15 is 0 Å². The fourth-order valence-electron chi connectivity index (χ4n) is 1.13. The zero-order chi connectivity index (χ0) is 14.4. The predicted molar refractivity (Wildman–Crippen MR) is 77.9 cm³/mol. The van der Waals surface area contributed by atoms with Gasteiger partial charge in [0.2, 0.25) is 0 Å². The molecule has 0 bridgehead atoms. The first kappa shape index (κ1) is 17.7. The van der Waals surface area contributed by atoms with Gasteiger partial charge < -0.3 is 13.9 Å². The molecule has 0 amide bonds. The van der Waals surface area contributed by atoms with Gasteiger partial charge in [0, 0.05) is 6.61 Å². The summed E-state index contributed by atoms with van der Waals surface area (Å²) < 4.78 is 16.9. The van der Waals surface area contributed by atoms with Crippen LogP contribution >= 0.6 is 0 Å². The minimum absolute atomic E-state index is 0.178. The van der Waals surface area contributed by atoms with Crippen LogP contribution in [0.2, 0.25) is 18.1 Å². The molecule has 0 spiro atoms. The predicted octanol–water partition coefficient (Wildman–Crippen LogP) is 3.41. The zero-order valence-corrected chi connectivity index (χ0v) is 13.9. The van der Waals surface area contributed by atoms with E-state index in [9.17, 15) is 0 Å². The van der Waals surface area contributed by atoms with Gasteiger partial charge in [-0.1, -0.05) is 26.7 Å². The second-order valence-corrected chi connectivity index (χ2v) is 10.7. The van der Waals surface area contributed by atoms with Crippen LogP contribution in [0.4, 0.5) is 0 Å². The smallest absolute Gasteiger partial charge is 0.192 e. The molecule has 0 radical (unpaired) electrons. The summed E-state index contributed by atoms with van der Waals surface area (Å²) in [4.78, 5) is 0. The van der Waals surface area contributed by atoms with E-state index in [1.165, 1.54) is 0 Å². The fourth-order valence-corrected chi connectivity index (χ4v) is 2.13. The SMILES string of the molecule is C#CC(CO[Si](C)(C)C(C)(C)C)OC(C)OCC. The Balaban J connectivity index is 4.29. The van der Waals surface area contributed by atoms with Crippen LogP contribution in [0.25, 0.3) is 0 Å². The van der Waals surface area contributed by atoms with Gasteiger partial charge in [0.05, 0.1) is 6.61 Å². The van der Waals surface area contributed by atoms with Crippen LogP contribution in [0.5, 0.6) is 0 Å². The Morgan fingerprint density at radius 2 is 1.83 bits per heavy atom. The Bertz CT molecular complexity index is 276. The van der Waals surface area contributed by atoms with Gasteiger partial charge in [-0.15, -0.1) is 6.42 Å². The van der Waals surface area contributed by atoms with Gasteiger partial charge in [-0.25, -0.2) is 0 Å². The molecule has 4 heteroatoms. The zero-order valence-electron chi connectivity index (χ0n) is 12.9. The summed E-state index contributed by atoms with van der Waals surface area (Å²) in [5, 5.41) is 0.178. The van der Waals surface area contributed by atoms with Crippen molar-refractivity contribution in [3.05, 3.63) is 0 Å². The first-order chi connectivity index (χ1) is 8.14. The molecule has 0 heterocycles. The minimum Gasteiger partial charge on any atom is -0.413 e. The lowest BCUT2D eigenvalue weighted by Gasteiger charge is -2.36. The lowest BCUT2D eigenvalue weighted by atomic mass is 10.2. The van der Waals surface area contributed by atoms with Gasteiger partial charge in [0.1, 0.15) is 6.10 Å². The van der Waals surface area contributed by atoms with E-state index in [1.807, 2.05) is 13.8 Å². The highest BCUT2D eigenvalue weighted by Gasteiger charge is 2.37. The van der Waals surface area contributed by atoms with E-state index in [2.05, 4.69) is 39.8 Å². The number of hydrogen-bond donors (Lipinski definition) is 0. The van der Waals surface area contributed by atoms with E-state index in [0.29, 0.717) is 13.2 Å². The van der Waals surface area contributed by atoms with E-state index in [1.54, 1.807) is 0 Å². The topological polar surface area (TPSA) is 27.7 Å². The molecule has 0 aliphatic heterocycles. The van der Waals surface area contributed by atoms with Gasteiger partial charge in [-0.2, -0.15) is 0 Å². The van der Waals surface area contributed by atoms with Crippen LogP contribution in [0.15, 0.2) is 0 Å². The van der Waals surface area contributed by atoms with Crippen molar-refractivity contribution in [1.29, 1.82) is 0 Å². The normalized spacial score (nSPS) is 16.1. The number of ether oxygens (including phenoxy) is 2. The first-order valence-corrected chi connectivity index (χ1v) is 9.42. The molecule has 0 aromatic rings. The molecule has 0 aliphatic carbocycles. The lowest BCUT2D eigenvalue weighted by molar-refractivity contribution is -0.149. The lowest BCUT2D eigenvalue weighted by Crippen LogP contribution is -2.43. The molecule has 0 aliphatic rings. The largest absolute Gasteiger partial charge is 0.413 e. The third-order valence-corrected chi connectivity index (χ3v) is 7.85. The van der Waals surface area contributed by atoms with Gasteiger partial charge in [0.15, 0.2) is 14.6 Å². The summed E-state index contributed by atoms with van der Waals surface area (Å²) in [5.74, 6) is 2.61. The van der Waals surface area contributed by atoms with Crippen molar-refractivity contribution in [1.82, 2.24) is 0 Å². The quantitative estimate of drug-likeness (QED) is 0.404. The molecule has 0 aromatic heterocycles. The maximum atomic E-state index is 6.04. The summed E-state index contributed by atoms with van der Waals surface area (Å²) in [6, 6.07) is 0. The van der Waals surface area contributed by atoms with E-state index in [0.717, 1.165) is 0 Å².